The Morgan fingerprint density at radius 1 is 1.24 bits per heavy atom. The topological polar surface area (TPSA) is 131 Å². The van der Waals surface area contributed by atoms with Crippen molar-refractivity contribution >= 4 is 23.2 Å². The number of rotatable bonds is 9. The summed E-state index contributed by atoms with van der Waals surface area (Å²) in [5.41, 5.74) is 6.26. The standard InChI is InChI=1S/C22H28FN7O3/c1-4-6-11-29-20(24)19(21(32)26-22(29)33)28(5-2)13-18(31)25-17-12-14(3)27-30(17)16-9-7-15(23)8-10-16/h7-10,12H,4-6,11,13,24H2,1-3H3,(H,25,31)(H,26,32,33). The van der Waals surface area contributed by atoms with E-state index < -0.39 is 17.2 Å². The molecule has 33 heavy (non-hydrogen) atoms. The normalized spacial score (nSPS) is 10.9. The smallest absolute Gasteiger partial charge is 0.330 e. The van der Waals surface area contributed by atoms with Gasteiger partial charge in [0.25, 0.3) is 5.56 Å². The second-order valence-electron chi connectivity index (χ2n) is 7.62. The molecule has 1 aromatic carbocycles. The van der Waals surface area contributed by atoms with E-state index in [2.05, 4.69) is 15.4 Å². The van der Waals surface area contributed by atoms with E-state index in [1.165, 1.54) is 26.3 Å². The van der Waals surface area contributed by atoms with Crippen LogP contribution < -0.4 is 27.2 Å². The Morgan fingerprint density at radius 2 is 1.94 bits per heavy atom. The van der Waals surface area contributed by atoms with E-state index in [0.717, 1.165) is 12.8 Å². The van der Waals surface area contributed by atoms with E-state index in [1.54, 1.807) is 32.0 Å². The third-order valence-corrected chi connectivity index (χ3v) is 5.15. The van der Waals surface area contributed by atoms with Crippen molar-refractivity contribution in [2.45, 2.75) is 40.2 Å². The quantitative estimate of drug-likeness (QED) is 0.451. The summed E-state index contributed by atoms with van der Waals surface area (Å²) in [7, 11) is 0. The van der Waals surface area contributed by atoms with Crippen LogP contribution in [0.3, 0.4) is 0 Å². The van der Waals surface area contributed by atoms with Gasteiger partial charge in [-0.25, -0.2) is 13.9 Å². The number of halogens is 1. The highest BCUT2D eigenvalue weighted by atomic mass is 19.1. The van der Waals surface area contributed by atoms with Crippen molar-refractivity contribution in [3.05, 3.63) is 62.7 Å². The molecule has 0 aliphatic carbocycles. The van der Waals surface area contributed by atoms with E-state index in [1.807, 2.05) is 6.92 Å². The highest BCUT2D eigenvalue weighted by molar-refractivity contribution is 5.94. The Bertz CT molecular complexity index is 1240. The van der Waals surface area contributed by atoms with E-state index in [9.17, 15) is 18.8 Å². The summed E-state index contributed by atoms with van der Waals surface area (Å²) in [4.78, 5) is 41.4. The molecule has 0 fully saturated rings. The fourth-order valence-corrected chi connectivity index (χ4v) is 3.49. The summed E-state index contributed by atoms with van der Waals surface area (Å²) in [6, 6.07) is 7.40. The number of amides is 1. The third kappa shape index (κ3) is 5.30. The van der Waals surface area contributed by atoms with Gasteiger partial charge in [-0.05, 0) is 44.5 Å². The number of benzene rings is 1. The number of aryl methyl sites for hydroxylation is 1. The maximum atomic E-state index is 13.3. The van der Waals surface area contributed by atoms with Gasteiger partial charge in [0, 0.05) is 19.2 Å². The van der Waals surface area contributed by atoms with Crippen LogP contribution in [0.1, 0.15) is 32.4 Å². The first-order valence-corrected chi connectivity index (χ1v) is 10.7. The van der Waals surface area contributed by atoms with Crippen molar-refractivity contribution < 1.29 is 9.18 Å². The van der Waals surface area contributed by atoms with Crippen molar-refractivity contribution in [1.82, 2.24) is 19.3 Å². The van der Waals surface area contributed by atoms with Crippen LogP contribution in [0.2, 0.25) is 0 Å². The molecular weight excluding hydrogens is 429 g/mol. The van der Waals surface area contributed by atoms with Gasteiger partial charge in [-0.3, -0.25) is 19.1 Å². The number of nitrogens with one attached hydrogen (secondary N) is 2. The lowest BCUT2D eigenvalue weighted by Gasteiger charge is -2.24. The number of hydrogen-bond donors (Lipinski definition) is 3. The predicted molar refractivity (Wildman–Crippen MR) is 125 cm³/mol. The van der Waals surface area contributed by atoms with Gasteiger partial charge < -0.3 is 16.0 Å². The third-order valence-electron chi connectivity index (χ3n) is 5.15. The molecule has 2 aromatic heterocycles. The second-order valence-corrected chi connectivity index (χ2v) is 7.62. The number of nitrogen functional groups attached to an aromatic ring is 1. The van der Waals surface area contributed by atoms with Gasteiger partial charge in [-0.1, -0.05) is 13.3 Å². The Hall–Kier alpha value is -3.89. The Labute approximate surface area is 189 Å². The number of aromatic amines is 1. The number of carbonyl (C=O) groups is 1. The van der Waals surface area contributed by atoms with Crippen molar-refractivity contribution in [1.29, 1.82) is 0 Å². The van der Waals surface area contributed by atoms with Gasteiger partial charge in [0.05, 0.1) is 17.9 Å². The number of anilines is 3. The van der Waals surface area contributed by atoms with Crippen LogP contribution in [-0.4, -0.2) is 38.3 Å². The predicted octanol–water partition coefficient (Wildman–Crippen LogP) is 2.02. The number of likely N-dealkylation sites (N-methyl/N-ethyl adjacent to an activating group) is 1. The van der Waals surface area contributed by atoms with Gasteiger partial charge in [0.15, 0.2) is 0 Å². The minimum atomic E-state index is -0.646. The first-order chi connectivity index (χ1) is 15.7. The summed E-state index contributed by atoms with van der Waals surface area (Å²) in [5.74, 6) is -0.367. The van der Waals surface area contributed by atoms with E-state index in [0.29, 0.717) is 30.3 Å². The minimum absolute atomic E-state index is 0.0269. The largest absolute Gasteiger partial charge is 0.383 e. The average molecular weight is 458 g/mol. The zero-order chi connectivity index (χ0) is 24.1. The fourth-order valence-electron chi connectivity index (χ4n) is 3.49. The van der Waals surface area contributed by atoms with Gasteiger partial charge >= 0.3 is 5.69 Å². The van der Waals surface area contributed by atoms with Gasteiger partial charge in [-0.15, -0.1) is 0 Å². The zero-order valence-electron chi connectivity index (χ0n) is 18.9. The number of hydrogen-bond acceptors (Lipinski definition) is 6. The molecule has 2 heterocycles. The molecule has 0 saturated carbocycles. The molecular formula is C22H28FN7O3. The molecule has 0 bridgehead atoms. The number of nitrogens with two attached hydrogens (primary N) is 1. The molecule has 3 aromatic rings. The fraction of sp³-hybridized carbons (Fsp3) is 0.364. The van der Waals surface area contributed by atoms with Gasteiger partial charge in [-0.2, -0.15) is 5.10 Å². The number of nitrogens with zero attached hydrogens (tertiary/aromatic N) is 4. The summed E-state index contributed by atoms with van der Waals surface area (Å²) in [6.07, 6.45) is 1.57. The summed E-state index contributed by atoms with van der Waals surface area (Å²) >= 11 is 0. The molecule has 4 N–H and O–H groups in total. The van der Waals surface area contributed by atoms with Crippen LogP contribution in [0.25, 0.3) is 5.69 Å². The van der Waals surface area contributed by atoms with Crippen LogP contribution in [0.4, 0.5) is 21.7 Å². The Kier molecular flexibility index (Phi) is 7.31. The number of H-pyrrole nitrogens is 1. The van der Waals surface area contributed by atoms with E-state index >= 15 is 0 Å². The van der Waals surface area contributed by atoms with Gasteiger partial charge in [0.1, 0.15) is 23.1 Å². The van der Waals surface area contributed by atoms with Gasteiger partial charge in [0.2, 0.25) is 5.91 Å². The molecule has 0 aliphatic heterocycles. The van der Waals surface area contributed by atoms with Crippen LogP contribution >= 0.6 is 0 Å². The molecule has 3 rings (SSSR count). The SMILES string of the molecule is CCCCn1c(N)c(N(CC)CC(=O)Nc2cc(C)nn2-c2ccc(F)cc2)c(=O)[nH]c1=O. The van der Waals surface area contributed by atoms with Crippen molar-refractivity contribution in [3.63, 3.8) is 0 Å². The number of aromatic nitrogens is 4. The number of carbonyl (C=O) groups excluding carboxylic acids is 1. The molecule has 0 radical (unpaired) electrons. The van der Waals surface area contributed by atoms with Crippen LogP contribution in [0.15, 0.2) is 39.9 Å². The summed E-state index contributed by atoms with van der Waals surface area (Å²) < 4.78 is 16.1. The maximum Gasteiger partial charge on any atom is 0.330 e. The second kappa shape index (κ2) is 10.2. The summed E-state index contributed by atoms with van der Waals surface area (Å²) in [6.45, 7) is 6.03. The monoisotopic (exact) mass is 457 g/mol. The first kappa shape index (κ1) is 23.8. The highest BCUT2D eigenvalue weighted by Crippen LogP contribution is 2.19. The minimum Gasteiger partial charge on any atom is -0.383 e. The van der Waals surface area contributed by atoms with Crippen molar-refractivity contribution in [2.24, 2.45) is 0 Å². The Balaban J connectivity index is 1.86. The number of unbranched alkanes of at least 4 members (excludes halogenated alkanes) is 1. The average Bonchev–Trinajstić information content (AvgIpc) is 3.12. The molecule has 10 nitrogen and oxygen atoms in total. The van der Waals surface area contributed by atoms with Crippen LogP contribution in [0, 0.1) is 12.7 Å². The van der Waals surface area contributed by atoms with E-state index in [4.69, 9.17) is 5.73 Å². The molecule has 0 unspecified atom stereocenters. The van der Waals surface area contributed by atoms with Crippen molar-refractivity contribution in [2.75, 3.05) is 29.0 Å². The molecule has 11 heteroatoms. The van der Waals surface area contributed by atoms with Crippen molar-refractivity contribution in [3.8, 4) is 5.69 Å². The Morgan fingerprint density at radius 3 is 2.58 bits per heavy atom. The lowest BCUT2D eigenvalue weighted by atomic mass is 10.3. The highest BCUT2D eigenvalue weighted by Gasteiger charge is 2.21. The lowest BCUT2D eigenvalue weighted by molar-refractivity contribution is -0.115. The molecule has 1 amide bonds. The summed E-state index contributed by atoms with van der Waals surface area (Å²) in [5, 5.41) is 7.13. The first-order valence-electron chi connectivity index (χ1n) is 10.7. The maximum absolute atomic E-state index is 13.3. The van der Waals surface area contributed by atoms with E-state index in [-0.39, 0.29) is 23.9 Å². The van der Waals surface area contributed by atoms with Crippen LogP contribution in [0.5, 0.6) is 0 Å². The molecule has 0 aliphatic rings. The molecule has 0 spiro atoms. The lowest BCUT2D eigenvalue weighted by Crippen LogP contribution is -2.41. The molecule has 0 atom stereocenters. The molecule has 0 saturated heterocycles. The molecule has 176 valence electrons. The van der Waals surface area contributed by atoms with Crippen LogP contribution in [-0.2, 0) is 11.3 Å². The zero-order valence-corrected chi connectivity index (χ0v) is 18.9.